The van der Waals surface area contributed by atoms with Crippen LogP contribution in [0.25, 0.3) is 0 Å². The van der Waals surface area contributed by atoms with Gasteiger partial charge in [-0.3, -0.25) is 14.5 Å². The maximum atomic E-state index is 13.1. The summed E-state index contributed by atoms with van der Waals surface area (Å²) in [7, 11) is 3.07. The first-order valence-electron chi connectivity index (χ1n) is 9.20. The van der Waals surface area contributed by atoms with Crippen molar-refractivity contribution < 1.29 is 33.3 Å². The van der Waals surface area contributed by atoms with E-state index < -0.39 is 17.5 Å². The van der Waals surface area contributed by atoms with Crippen LogP contribution in [0.4, 0.5) is 4.79 Å². The molecule has 2 aliphatic heterocycles. The van der Waals surface area contributed by atoms with Crippen molar-refractivity contribution in [1.82, 2.24) is 15.1 Å². The molecule has 0 spiro atoms. The van der Waals surface area contributed by atoms with E-state index in [1.54, 1.807) is 25.1 Å². The van der Waals surface area contributed by atoms with Crippen molar-refractivity contribution in [3.05, 3.63) is 23.8 Å². The largest absolute Gasteiger partial charge is 0.454 e. The van der Waals surface area contributed by atoms with Crippen molar-refractivity contribution in [2.45, 2.75) is 12.5 Å². The van der Waals surface area contributed by atoms with Gasteiger partial charge in [0.1, 0.15) is 12.1 Å². The van der Waals surface area contributed by atoms with Gasteiger partial charge in [0.25, 0.3) is 5.91 Å². The molecule has 1 atom stereocenters. The Bertz CT molecular complexity index is 792. The van der Waals surface area contributed by atoms with Gasteiger partial charge in [0.05, 0.1) is 13.2 Å². The molecule has 0 aliphatic carbocycles. The van der Waals surface area contributed by atoms with E-state index in [0.29, 0.717) is 43.4 Å². The molecule has 10 heteroatoms. The summed E-state index contributed by atoms with van der Waals surface area (Å²) in [6.45, 7) is 2.69. The predicted molar refractivity (Wildman–Crippen MR) is 100 cm³/mol. The molecular formula is C19H25N3O7. The number of nitrogens with zero attached hydrogens (tertiary/aromatic N) is 2. The predicted octanol–water partition coefficient (Wildman–Crippen LogP) is 0.304. The van der Waals surface area contributed by atoms with Crippen molar-refractivity contribution >= 4 is 17.8 Å². The molecule has 0 bridgehead atoms. The fourth-order valence-electron chi connectivity index (χ4n) is 3.24. The van der Waals surface area contributed by atoms with Crippen molar-refractivity contribution in [1.29, 1.82) is 0 Å². The summed E-state index contributed by atoms with van der Waals surface area (Å²) in [5.74, 6) is 0.212. The Hall–Kier alpha value is -2.85. The second kappa shape index (κ2) is 8.66. The fraction of sp³-hybridized carbons (Fsp3) is 0.526. The number of methoxy groups -OCH3 is 2. The Kier molecular flexibility index (Phi) is 6.23. The number of fused-ring (bicyclic) bond motifs is 1. The van der Waals surface area contributed by atoms with Crippen molar-refractivity contribution in [2.24, 2.45) is 0 Å². The zero-order chi connectivity index (χ0) is 21.0. The van der Waals surface area contributed by atoms with Crippen LogP contribution in [0.15, 0.2) is 18.2 Å². The van der Waals surface area contributed by atoms with Crippen LogP contribution in [0.3, 0.4) is 0 Å². The molecule has 158 valence electrons. The number of ether oxygens (including phenoxy) is 4. The number of amides is 4. The maximum absolute atomic E-state index is 13.1. The summed E-state index contributed by atoms with van der Waals surface area (Å²) < 4.78 is 20.7. The number of hydrogen-bond acceptors (Lipinski definition) is 7. The van der Waals surface area contributed by atoms with Crippen LogP contribution in [0, 0.1) is 0 Å². The number of urea groups is 1. The SMILES string of the molecule is COCCN(CCOC)C(=O)CN1C(=O)NC(C)(c2ccc3c(c2)OCO3)C1=O. The maximum Gasteiger partial charge on any atom is 0.325 e. The van der Waals surface area contributed by atoms with Crippen LogP contribution in [0.1, 0.15) is 12.5 Å². The summed E-state index contributed by atoms with van der Waals surface area (Å²) in [6, 6.07) is 4.42. The third-order valence-corrected chi connectivity index (χ3v) is 5.00. The van der Waals surface area contributed by atoms with Crippen LogP contribution in [0.5, 0.6) is 11.5 Å². The van der Waals surface area contributed by atoms with Gasteiger partial charge in [0.2, 0.25) is 12.7 Å². The van der Waals surface area contributed by atoms with Gasteiger partial charge in [-0.05, 0) is 24.6 Å². The quantitative estimate of drug-likeness (QED) is 0.587. The highest BCUT2D eigenvalue weighted by atomic mass is 16.7. The van der Waals surface area contributed by atoms with Crippen LogP contribution >= 0.6 is 0 Å². The van der Waals surface area contributed by atoms with Crippen LogP contribution < -0.4 is 14.8 Å². The van der Waals surface area contributed by atoms with Crippen molar-refractivity contribution in [3.8, 4) is 11.5 Å². The van der Waals surface area contributed by atoms with Gasteiger partial charge < -0.3 is 29.2 Å². The standard InChI is InChI=1S/C19H25N3O7/c1-19(13-4-5-14-15(10-13)29-12-28-14)17(24)22(18(25)20-19)11-16(23)21(6-8-26-2)7-9-27-3/h4-5,10H,6-9,11-12H2,1-3H3,(H,20,25). The third kappa shape index (κ3) is 4.13. The lowest BCUT2D eigenvalue weighted by molar-refractivity contribution is -0.139. The van der Waals surface area contributed by atoms with Gasteiger partial charge in [-0.25, -0.2) is 4.79 Å². The van der Waals surface area contributed by atoms with Gasteiger partial charge in [-0.1, -0.05) is 6.07 Å². The molecule has 0 saturated carbocycles. The van der Waals surface area contributed by atoms with E-state index in [4.69, 9.17) is 18.9 Å². The first-order chi connectivity index (χ1) is 13.9. The number of benzene rings is 1. The molecule has 1 saturated heterocycles. The lowest BCUT2D eigenvalue weighted by Gasteiger charge is -2.25. The van der Waals surface area contributed by atoms with E-state index in [1.807, 2.05) is 0 Å². The summed E-state index contributed by atoms with van der Waals surface area (Å²) in [5.41, 5.74) is -0.756. The molecule has 10 nitrogen and oxygen atoms in total. The number of nitrogens with one attached hydrogen (secondary N) is 1. The van der Waals surface area contributed by atoms with E-state index in [2.05, 4.69) is 5.32 Å². The third-order valence-electron chi connectivity index (χ3n) is 5.00. The highest BCUT2D eigenvalue weighted by Crippen LogP contribution is 2.37. The molecule has 1 fully saturated rings. The first-order valence-corrected chi connectivity index (χ1v) is 9.20. The Morgan fingerprint density at radius 3 is 2.48 bits per heavy atom. The molecule has 0 aromatic heterocycles. The number of imide groups is 1. The number of rotatable bonds is 9. The van der Waals surface area contributed by atoms with E-state index in [9.17, 15) is 14.4 Å². The smallest absolute Gasteiger partial charge is 0.325 e. The second-order valence-corrected chi connectivity index (χ2v) is 6.88. The zero-order valence-corrected chi connectivity index (χ0v) is 16.7. The lowest BCUT2D eigenvalue weighted by atomic mass is 9.91. The first kappa shape index (κ1) is 20.9. The fourth-order valence-corrected chi connectivity index (χ4v) is 3.24. The van der Waals surface area contributed by atoms with Gasteiger partial charge in [0.15, 0.2) is 11.5 Å². The minimum absolute atomic E-state index is 0.106. The number of hydrogen-bond donors (Lipinski definition) is 1. The lowest BCUT2D eigenvalue weighted by Crippen LogP contribution is -2.46. The minimum atomic E-state index is -1.30. The molecule has 1 aromatic rings. The second-order valence-electron chi connectivity index (χ2n) is 6.88. The molecule has 2 heterocycles. The van der Waals surface area contributed by atoms with Crippen LogP contribution in [0.2, 0.25) is 0 Å². The molecular weight excluding hydrogens is 382 g/mol. The van der Waals surface area contributed by atoms with E-state index >= 15 is 0 Å². The number of carbonyl (C=O) groups excluding carboxylic acids is 3. The van der Waals surface area contributed by atoms with E-state index in [-0.39, 0.29) is 19.2 Å². The monoisotopic (exact) mass is 407 g/mol. The molecule has 29 heavy (non-hydrogen) atoms. The highest BCUT2D eigenvalue weighted by Gasteiger charge is 2.50. The Labute approximate surface area is 168 Å². The van der Waals surface area contributed by atoms with E-state index in [0.717, 1.165) is 4.90 Å². The van der Waals surface area contributed by atoms with Crippen molar-refractivity contribution in [3.63, 3.8) is 0 Å². The molecule has 1 N–H and O–H groups in total. The molecule has 4 amide bonds. The Morgan fingerprint density at radius 2 is 1.83 bits per heavy atom. The summed E-state index contributed by atoms with van der Waals surface area (Å²) >= 11 is 0. The molecule has 2 aliphatic rings. The minimum Gasteiger partial charge on any atom is -0.454 e. The van der Waals surface area contributed by atoms with Crippen LogP contribution in [-0.4, -0.2) is 81.5 Å². The number of carbonyl (C=O) groups is 3. The van der Waals surface area contributed by atoms with Crippen LogP contribution in [-0.2, 0) is 24.6 Å². The van der Waals surface area contributed by atoms with Gasteiger partial charge >= 0.3 is 6.03 Å². The Balaban J connectivity index is 1.74. The molecule has 0 radical (unpaired) electrons. The summed E-state index contributed by atoms with van der Waals surface area (Å²) in [4.78, 5) is 40.7. The molecule has 1 unspecified atom stereocenters. The zero-order valence-electron chi connectivity index (χ0n) is 16.7. The average molecular weight is 407 g/mol. The average Bonchev–Trinajstić information content (AvgIpc) is 3.26. The molecule has 1 aromatic carbocycles. The van der Waals surface area contributed by atoms with Crippen molar-refractivity contribution in [2.75, 3.05) is 53.9 Å². The molecule has 3 rings (SSSR count). The highest BCUT2D eigenvalue weighted by molar-refractivity contribution is 6.09. The van der Waals surface area contributed by atoms with Gasteiger partial charge in [0, 0.05) is 27.3 Å². The van der Waals surface area contributed by atoms with Gasteiger partial charge in [-0.2, -0.15) is 0 Å². The topological polar surface area (TPSA) is 107 Å². The normalized spacial score (nSPS) is 20.2. The summed E-state index contributed by atoms with van der Waals surface area (Å²) in [6.07, 6.45) is 0. The van der Waals surface area contributed by atoms with E-state index in [1.165, 1.54) is 19.1 Å². The summed E-state index contributed by atoms with van der Waals surface area (Å²) in [5, 5.41) is 2.69. The van der Waals surface area contributed by atoms with Gasteiger partial charge in [-0.15, -0.1) is 0 Å². The Morgan fingerprint density at radius 1 is 1.17 bits per heavy atom.